The summed E-state index contributed by atoms with van der Waals surface area (Å²) in [6, 6.07) is 0. The van der Waals surface area contributed by atoms with Crippen LogP contribution >= 0.6 is 0 Å². The molecule has 0 radical (unpaired) electrons. The number of rotatable bonds is 2. The van der Waals surface area contributed by atoms with Gasteiger partial charge >= 0.3 is 0 Å². The normalized spacial score (nSPS) is 17.5. The van der Waals surface area contributed by atoms with E-state index in [4.69, 9.17) is 0 Å². The summed E-state index contributed by atoms with van der Waals surface area (Å²) in [5, 5.41) is 0. The molecular weight excluding hydrogens is 164 g/mol. The summed E-state index contributed by atoms with van der Waals surface area (Å²) < 4.78 is 0. The summed E-state index contributed by atoms with van der Waals surface area (Å²) in [6.45, 7) is 7.06. The Morgan fingerprint density at radius 1 is 1.38 bits per heavy atom. The number of Topliss-reactive ketones (excluding diaryl/α,β-unsaturated/α-hetero) is 2. The number of carbonyl (C=O) groups is 2. The Morgan fingerprint density at radius 2 is 2.00 bits per heavy atom. The van der Waals surface area contributed by atoms with Crippen molar-refractivity contribution in [2.45, 2.75) is 33.1 Å². The van der Waals surface area contributed by atoms with Crippen LogP contribution in [0.1, 0.15) is 33.1 Å². The molecule has 0 aromatic rings. The van der Waals surface area contributed by atoms with Gasteiger partial charge in [-0.2, -0.15) is 0 Å². The van der Waals surface area contributed by atoms with E-state index in [1.165, 1.54) is 0 Å². The third-order valence-electron chi connectivity index (χ3n) is 2.28. The summed E-state index contributed by atoms with van der Waals surface area (Å²) >= 11 is 0. The quantitative estimate of drug-likeness (QED) is 0.480. The van der Waals surface area contributed by atoms with Gasteiger partial charge in [-0.15, -0.1) is 0 Å². The van der Waals surface area contributed by atoms with E-state index in [1.807, 2.05) is 6.92 Å². The van der Waals surface area contributed by atoms with Crippen molar-refractivity contribution in [2.24, 2.45) is 0 Å². The molecule has 1 aliphatic rings. The fourth-order valence-electron chi connectivity index (χ4n) is 1.54. The number of ketones is 2. The van der Waals surface area contributed by atoms with E-state index in [0.717, 1.165) is 18.4 Å². The van der Waals surface area contributed by atoms with Gasteiger partial charge in [-0.25, -0.2) is 0 Å². The van der Waals surface area contributed by atoms with E-state index in [0.29, 0.717) is 17.6 Å². The van der Waals surface area contributed by atoms with Gasteiger partial charge in [-0.05, 0) is 32.3 Å². The standard InChI is InChI=1S/C11H14O2/c1-7(2)11(13)10-8(3)5-4-6-9(10)12/h1,4-6H2,2-3H3. The molecule has 0 amide bonds. The second-order valence-electron chi connectivity index (χ2n) is 3.54. The number of hydrogen-bond donors (Lipinski definition) is 0. The van der Waals surface area contributed by atoms with E-state index in [1.54, 1.807) is 6.92 Å². The molecular formula is C11H14O2. The maximum Gasteiger partial charge on any atom is 0.191 e. The van der Waals surface area contributed by atoms with E-state index in [-0.39, 0.29) is 11.6 Å². The maximum atomic E-state index is 11.5. The van der Waals surface area contributed by atoms with Gasteiger partial charge < -0.3 is 0 Å². The number of hydrogen-bond acceptors (Lipinski definition) is 2. The molecule has 0 aliphatic heterocycles. The van der Waals surface area contributed by atoms with Crippen LogP contribution in [0.15, 0.2) is 23.3 Å². The molecule has 0 unspecified atom stereocenters. The Labute approximate surface area is 78.3 Å². The SMILES string of the molecule is C=C(C)C(=O)C1=C(C)CCCC1=O. The summed E-state index contributed by atoms with van der Waals surface area (Å²) in [4.78, 5) is 23.0. The largest absolute Gasteiger partial charge is 0.294 e. The molecule has 0 atom stereocenters. The van der Waals surface area contributed by atoms with E-state index in [9.17, 15) is 9.59 Å². The lowest BCUT2D eigenvalue weighted by molar-refractivity contribution is -0.120. The van der Waals surface area contributed by atoms with Crippen molar-refractivity contribution < 1.29 is 9.59 Å². The highest BCUT2D eigenvalue weighted by Crippen LogP contribution is 2.23. The zero-order valence-corrected chi connectivity index (χ0v) is 8.14. The lowest BCUT2D eigenvalue weighted by atomic mass is 9.87. The van der Waals surface area contributed by atoms with Crippen molar-refractivity contribution in [1.82, 2.24) is 0 Å². The summed E-state index contributed by atoms with van der Waals surface area (Å²) in [5.74, 6) is -0.195. The predicted molar refractivity (Wildman–Crippen MR) is 51.4 cm³/mol. The molecule has 0 N–H and O–H groups in total. The van der Waals surface area contributed by atoms with Crippen LogP contribution in [-0.4, -0.2) is 11.6 Å². The van der Waals surface area contributed by atoms with Gasteiger partial charge in [0.1, 0.15) is 0 Å². The van der Waals surface area contributed by atoms with Crippen LogP contribution in [0.2, 0.25) is 0 Å². The highest BCUT2D eigenvalue weighted by Gasteiger charge is 2.23. The second kappa shape index (κ2) is 3.69. The van der Waals surface area contributed by atoms with Gasteiger partial charge in [0.05, 0.1) is 5.57 Å². The van der Waals surface area contributed by atoms with Crippen LogP contribution < -0.4 is 0 Å². The minimum atomic E-state index is -0.179. The molecule has 2 heteroatoms. The smallest absolute Gasteiger partial charge is 0.191 e. The van der Waals surface area contributed by atoms with Crippen LogP contribution in [0.25, 0.3) is 0 Å². The Morgan fingerprint density at radius 3 is 2.46 bits per heavy atom. The van der Waals surface area contributed by atoms with E-state index < -0.39 is 0 Å². The van der Waals surface area contributed by atoms with Crippen LogP contribution in [0.3, 0.4) is 0 Å². The van der Waals surface area contributed by atoms with Crippen LogP contribution in [0.5, 0.6) is 0 Å². The molecule has 13 heavy (non-hydrogen) atoms. The molecule has 0 heterocycles. The first-order valence-electron chi connectivity index (χ1n) is 4.47. The molecule has 0 spiro atoms. The fourth-order valence-corrected chi connectivity index (χ4v) is 1.54. The molecule has 0 saturated carbocycles. The van der Waals surface area contributed by atoms with Crippen molar-refractivity contribution in [3.05, 3.63) is 23.3 Å². The zero-order chi connectivity index (χ0) is 10.0. The first-order valence-corrected chi connectivity index (χ1v) is 4.47. The summed E-state index contributed by atoms with van der Waals surface area (Å²) in [5.41, 5.74) is 1.76. The highest BCUT2D eigenvalue weighted by atomic mass is 16.1. The van der Waals surface area contributed by atoms with Crippen molar-refractivity contribution in [2.75, 3.05) is 0 Å². The van der Waals surface area contributed by atoms with Crippen molar-refractivity contribution in [1.29, 1.82) is 0 Å². The van der Waals surface area contributed by atoms with Crippen molar-refractivity contribution >= 4 is 11.6 Å². The Hall–Kier alpha value is -1.18. The number of carbonyl (C=O) groups excluding carboxylic acids is 2. The monoisotopic (exact) mass is 178 g/mol. The minimum absolute atomic E-state index is 0.0169. The van der Waals surface area contributed by atoms with Gasteiger partial charge in [-0.1, -0.05) is 12.2 Å². The van der Waals surface area contributed by atoms with Gasteiger partial charge in [-0.3, -0.25) is 9.59 Å². The van der Waals surface area contributed by atoms with Gasteiger partial charge in [0.15, 0.2) is 11.6 Å². The topological polar surface area (TPSA) is 34.1 Å². The molecule has 70 valence electrons. The lowest BCUT2D eigenvalue weighted by Gasteiger charge is -2.15. The molecule has 0 bridgehead atoms. The summed E-state index contributed by atoms with van der Waals surface area (Å²) in [6.07, 6.45) is 2.24. The molecule has 0 saturated heterocycles. The molecule has 0 fully saturated rings. The maximum absolute atomic E-state index is 11.5. The van der Waals surface area contributed by atoms with E-state index in [2.05, 4.69) is 6.58 Å². The fraction of sp³-hybridized carbons (Fsp3) is 0.455. The lowest BCUT2D eigenvalue weighted by Crippen LogP contribution is -2.18. The molecule has 1 rings (SSSR count). The molecule has 1 aliphatic carbocycles. The first kappa shape index (κ1) is 9.90. The summed E-state index contributed by atoms with van der Waals surface area (Å²) in [7, 11) is 0. The molecule has 2 nitrogen and oxygen atoms in total. The van der Waals surface area contributed by atoms with Crippen LogP contribution in [-0.2, 0) is 9.59 Å². The third-order valence-corrected chi connectivity index (χ3v) is 2.28. The van der Waals surface area contributed by atoms with E-state index >= 15 is 0 Å². The van der Waals surface area contributed by atoms with Crippen molar-refractivity contribution in [3.8, 4) is 0 Å². The Balaban J connectivity index is 3.05. The average molecular weight is 178 g/mol. The second-order valence-corrected chi connectivity index (χ2v) is 3.54. The van der Waals surface area contributed by atoms with Gasteiger partial charge in [0.25, 0.3) is 0 Å². The Bertz CT molecular complexity index is 308. The highest BCUT2D eigenvalue weighted by molar-refractivity contribution is 6.26. The van der Waals surface area contributed by atoms with Crippen LogP contribution in [0, 0.1) is 0 Å². The molecule has 0 aromatic carbocycles. The molecule has 0 aromatic heterocycles. The number of allylic oxidation sites excluding steroid dienone is 3. The third kappa shape index (κ3) is 1.94. The Kier molecular flexibility index (Phi) is 2.81. The average Bonchev–Trinajstić information content (AvgIpc) is 2.03. The minimum Gasteiger partial charge on any atom is -0.294 e. The first-order chi connectivity index (χ1) is 6.04. The zero-order valence-electron chi connectivity index (χ0n) is 8.14. The van der Waals surface area contributed by atoms with Gasteiger partial charge in [0, 0.05) is 6.42 Å². The van der Waals surface area contributed by atoms with Gasteiger partial charge in [0.2, 0.25) is 0 Å². The van der Waals surface area contributed by atoms with Crippen molar-refractivity contribution in [3.63, 3.8) is 0 Å². The predicted octanol–water partition coefficient (Wildman–Crippen LogP) is 2.20. The van der Waals surface area contributed by atoms with Crippen LogP contribution in [0.4, 0.5) is 0 Å².